The number of nitro benzene ring substituents is 1. The first-order valence-corrected chi connectivity index (χ1v) is 10.3. The number of benzene rings is 1. The van der Waals surface area contributed by atoms with Crippen LogP contribution in [0.4, 0.5) is 11.4 Å². The van der Waals surface area contributed by atoms with Crippen molar-refractivity contribution in [1.29, 1.82) is 0 Å². The van der Waals surface area contributed by atoms with Crippen molar-refractivity contribution in [2.24, 2.45) is 5.92 Å². The maximum Gasteiger partial charge on any atom is 0.271 e. The minimum Gasteiger partial charge on any atom is -0.326 e. The van der Waals surface area contributed by atoms with Crippen LogP contribution in [0.5, 0.6) is 0 Å². The molecule has 1 amide bonds. The third-order valence-electron chi connectivity index (χ3n) is 4.24. The molecule has 26 heavy (non-hydrogen) atoms. The summed E-state index contributed by atoms with van der Waals surface area (Å²) in [5.41, 5.74) is 0.262. The van der Waals surface area contributed by atoms with Crippen molar-refractivity contribution >= 4 is 38.6 Å². The number of carbonyl (C=O) groups excluding carboxylic acids is 1. The summed E-state index contributed by atoms with van der Waals surface area (Å²) in [6, 6.07) is 9.00. The molecule has 1 saturated heterocycles. The van der Waals surface area contributed by atoms with Gasteiger partial charge in [0.15, 0.2) is 0 Å². The Morgan fingerprint density at radius 2 is 1.96 bits per heavy atom. The van der Waals surface area contributed by atoms with Crippen LogP contribution < -0.4 is 5.32 Å². The van der Waals surface area contributed by atoms with E-state index in [0.717, 1.165) is 0 Å². The van der Waals surface area contributed by atoms with Gasteiger partial charge in [-0.25, -0.2) is 8.42 Å². The Morgan fingerprint density at radius 3 is 2.58 bits per heavy atom. The molecule has 0 radical (unpaired) electrons. The summed E-state index contributed by atoms with van der Waals surface area (Å²) in [5, 5.41) is 15.2. The molecule has 138 valence electrons. The number of nitro groups is 1. The first-order valence-electron chi connectivity index (χ1n) is 7.97. The number of rotatable bonds is 5. The maximum atomic E-state index is 12.5. The fourth-order valence-corrected chi connectivity index (χ4v) is 5.45. The summed E-state index contributed by atoms with van der Waals surface area (Å²) in [7, 11) is -3.50. The molecule has 0 atom stereocenters. The van der Waals surface area contributed by atoms with E-state index in [1.807, 2.05) is 0 Å². The predicted molar refractivity (Wildman–Crippen MR) is 97.5 cm³/mol. The number of anilines is 1. The second-order valence-electron chi connectivity index (χ2n) is 5.91. The second kappa shape index (κ2) is 7.52. The largest absolute Gasteiger partial charge is 0.326 e. The molecule has 0 spiro atoms. The van der Waals surface area contributed by atoms with E-state index in [2.05, 4.69) is 5.32 Å². The van der Waals surface area contributed by atoms with Gasteiger partial charge in [-0.2, -0.15) is 4.31 Å². The predicted octanol–water partition coefficient (Wildman–Crippen LogP) is 2.70. The van der Waals surface area contributed by atoms with Gasteiger partial charge in [0, 0.05) is 36.8 Å². The smallest absolute Gasteiger partial charge is 0.271 e. The first-order chi connectivity index (χ1) is 12.4. The molecule has 2 aromatic rings. The van der Waals surface area contributed by atoms with Crippen molar-refractivity contribution in [3.63, 3.8) is 0 Å². The Morgan fingerprint density at radius 1 is 1.23 bits per heavy atom. The molecule has 0 bridgehead atoms. The lowest BCUT2D eigenvalue weighted by Crippen LogP contribution is -2.41. The summed E-state index contributed by atoms with van der Waals surface area (Å²) < 4.78 is 26.7. The second-order valence-corrected chi connectivity index (χ2v) is 9.02. The van der Waals surface area contributed by atoms with Gasteiger partial charge in [0.1, 0.15) is 4.21 Å². The van der Waals surface area contributed by atoms with Gasteiger partial charge >= 0.3 is 0 Å². The summed E-state index contributed by atoms with van der Waals surface area (Å²) in [6.07, 6.45) is 0.816. The van der Waals surface area contributed by atoms with Gasteiger partial charge in [0.25, 0.3) is 15.7 Å². The average Bonchev–Trinajstić information content (AvgIpc) is 3.17. The van der Waals surface area contributed by atoms with Crippen molar-refractivity contribution in [2.75, 3.05) is 18.4 Å². The third kappa shape index (κ3) is 3.92. The van der Waals surface area contributed by atoms with Gasteiger partial charge in [-0.15, -0.1) is 11.3 Å². The van der Waals surface area contributed by atoms with Crippen LogP contribution in [-0.2, 0) is 14.8 Å². The molecule has 3 rings (SSSR count). The number of nitrogens with one attached hydrogen (secondary N) is 1. The van der Waals surface area contributed by atoms with E-state index in [9.17, 15) is 23.3 Å². The molecular formula is C16H17N3O5S2. The fourth-order valence-electron chi connectivity index (χ4n) is 2.84. The van der Waals surface area contributed by atoms with Crippen LogP contribution in [0.1, 0.15) is 12.8 Å². The highest BCUT2D eigenvalue weighted by molar-refractivity contribution is 7.91. The summed E-state index contributed by atoms with van der Waals surface area (Å²) >= 11 is 1.17. The number of hydrogen-bond donors (Lipinski definition) is 1. The van der Waals surface area contributed by atoms with Crippen molar-refractivity contribution in [3.8, 4) is 0 Å². The molecule has 1 fully saturated rings. The normalized spacial score (nSPS) is 16.3. The zero-order valence-electron chi connectivity index (χ0n) is 13.7. The number of hydrogen-bond acceptors (Lipinski definition) is 6. The van der Waals surface area contributed by atoms with E-state index >= 15 is 0 Å². The van der Waals surface area contributed by atoms with Crippen LogP contribution in [0.3, 0.4) is 0 Å². The van der Waals surface area contributed by atoms with Crippen molar-refractivity contribution < 1.29 is 18.1 Å². The number of amides is 1. The Labute approximate surface area is 154 Å². The Balaban J connectivity index is 1.60. The zero-order chi connectivity index (χ0) is 18.7. The van der Waals surface area contributed by atoms with Crippen molar-refractivity contribution in [2.45, 2.75) is 17.1 Å². The van der Waals surface area contributed by atoms with Crippen molar-refractivity contribution in [3.05, 3.63) is 51.9 Å². The number of piperidine rings is 1. The fraction of sp³-hybridized carbons (Fsp3) is 0.312. The molecule has 10 heteroatoms. The minimum atomic E-state index is -3.50. The summed E-state index contributed by atoms with van der Waals surface area (Å²) in [5.74, 6) is -0.581. The highest BCUT2D eigenvalue weighted by Gasteiger charge is 2.32. The highest BCUT2D eigenvalue weighted by Crippen LogP contribution is 2.27. The molecule has 2 heterocycles. The van der Waals surface area contributed by atoms with Gasteiger partial charge in [-0.1, -0.05) is 12.1 Å². The van der Waals surface area contributed by atoms with Crippen molar-refractivity contribution in [1.82, 2.24) is 4.31 Å². The van der Waals surface area contributed by atoms with E-state index in [1.165, 1.54) is 33.8 Å². The summed E-state index contributed by atoms with van der Waals surface area (Å²) in [6.45, 7) is 0.542. The van der Waals surface area contributed by atoms with E-state index in [4.69, 9.17) is 0 Å². The topological polar surface area (TPSA) is 110 Å². The Bertz CT molecular complexity index is 904. The SMILES string of the molecule is O=C(Nc1cccc([N+](=O)[O-])c1)C1CCN(S(=O)(=O)c2cccs2)CC1. The van der Waals surface area contributed by atoms with Gasteiger partial charge in [0.2, 0.25) is 5.91 Å². The molecule has 1 N–H and O–H groups in total. The minimum absolute atomic E-state index is 0.0975. The average molecular weight is 395 g/mol. The third-order valence-corrected chi connectivity index (χ3v) is 7.51. The number of nitrogens with zero attached hydrogens (tertiary/aromatic N) is 2. The molecule has 8 nitrogen and oxygen atoms in total. The Kier molecular flexibility index (Phi) is 5.35. The van der Waals surface area contributed by atoms with Crippen LogP contribution in [0.15, 0.2) is 46.0 Å². The van der Waals surface area contributed by atoms with Crippen LogP contribution in [0.25, 0.3) is 0 Å². The van der Waals surface area contributed by atoms with E-state index < -0.39 is 14.9 Å². The lowest BCUT2D eigenvalue weighted by Gasteiger charge is -2.30. The monoisotopic (exact) mass is 395 g/mol. The van der Waals surface area contributed by atoms with Crippen LogP contribution in [0, 0.1) is 16.0 Å². The molecule has 0 aliphatic carbocycles. The van der Waals surface area contributed by atoms with E-state index in [-0.39, 0.29) is 30.6 Å². The number of thiophene rings is 1. The first kappa shape index (κ1) is 18.5. The van der Waals surface area contributed by atoms with E-state index in [1.54, 1.807) is 23.6 Å². The molecular weight excluding hydrogens is 378 g/mol. The highest BCUT2D eigenvalue weighted by atomic mass is 32.2. The lowest BCUT2D eigenvalue weighted by atomic mass is 9.97. The molecule has 1 aliphatic heterocycles. The van der Waals surface area contributed by atoms with Gasteiger partial charge < -0.3 is 5.32 Å². The van der Waals surface area contributed by atoms with Gasteiger partial charge in [-0.05, 0) is 30.4 Å². The van der Waals surface area contributed by atoms with Crippen LogP contribution in [-0.4, -0.2) is 36.6 Å². The molecule has 0 saturated carbocycles. The quantitative estimate of drug-likeness (QED) is 0.618. The van der Waals surface area contributed by atoms with Crippen LogP contribution in [0.2, 0.25) is 0 Å². The standard InChI is InChI=1S/C16H17N3O5S2/c20-16(17-13-3-1-4-14(11-13)19(21)22)12-6-8-18(9-7-12)26(23,24)15-5-2-10-25-15/h1-5,10-12H,6-9H2,(H,17,20). The van der Waals surface area contributed by atoms with Crippen LogP contribution >= 0.6 is 11.3 Å². The molecule has 0 unspecified atom stereocenters. The van der Waals surface area contributed by atoms with E-state index in [0.29, 0.717) is 22.7 Å². The summed E-state index contributed by atoms with van der Waals surface area (Å²) in [4.78, 5) is 22.7. The molecule has 1 aliphatic rings. The maximum absolute atomic E-state index is 12.5. The number of carbonyl (C=O) groups is 1. The number of non-ortho nitro benzene ring substituents is 1. The lowest BCUT2D eigenvalue weighted by molar-refractivity contribution is -0.384. The molecule has 1 aromatic heterocycles. The zero-order valence-corrected chi connectivity index (χ0v) is 15.3. The van der Waals surface area contributed by atoms with Gasteiger partial charge in [-0.3, -0.25) is 14.9 Å². The Hall–Kier alpha value is -2.30. The number of sulfonamides is 1. The van der Waals surface area contributed by atoms with Gasteiger partial charge in [0.05, 0.1) is 4.92 Å². The molecule has 1 aromatic carbocycles.